The Morgan fingerprint density at radius 3 is 2.58 bits per heavy atom. The van der Waals surface area contributed by atoms with Crippen molar-refractivity contribution in [1.82, 2.24) is 0 Å². The molecule has 1 saturated carbocycles. The van der Waals surface area contributed by atoms with E-state index in [0.29, 0.717) is 23.4 Å². The van der Waals surface area contributed by atoms with Crippen molar-refractivity contribution in [3.05, 3.63) is 32.4 Å². The fourth-order valence-electron chi connectivity index (χ4n) is 1.23. The quantitative estimate of drug-likeness (QED) is 0.689. The summed E-state index contributed by atoms with van der Waals surface area (Å²) in [7, 11) is 0. The SMILES string of the molecule is FC1(c2ccc(I)cc2Cl)CC1. The summed E-state index contributed by atoms with van der Waals surface area (Å²) in [6.45, 7) is 0. The first-order valence-electron chi connectivity index (χ1n) is 3.76. The number of hydrogen-bond acceptors (Lipinski definition) is 0. The van der Waals surface area contributed by atoms with Gasteiger partial charge in [-0.2, -0.15) is 0 Å². The molecule has 1 aliphatic carbocycles. The molecule has 0 spiro atoms. The van der Waals surface area contributed by atoms with Gasteiger partial charge in [-0.05, 0) is 47.6 Å². The average molecular weight is 297 g/mol. The lowest BCUT2D eigenvalue weighted by atomic mass is 10.1. The molecule has 0 unspecified atom stereocenters. The molecular weight excluding hydrogens is 289 g/mol. The van der Waals surface area contributed by atoms with E-state index in [1.54, 1.807) is 12.1 Å². The van der Waals surface area contributed by atoms with Crippen molar-refractivity contribution in [2.75, 3.05) is 0 Å². The molecular formula is C9H7ClFI. The maximum atomic E-state index is 13.5. The predicted octanol–water partition coefficient (Wildman–Crippen LogP) is 3.90. The highest BCUT2D eigenvalue weighted by molar-refractivity contribution is 14.1. The summed E-state index contributed by atoms with van der Waals surface area (Å²) in [4.78, 5) is 0. The lowest BCUT2D eigenvalue weighted by Crippen LogP contribution is -1.98. The van der Waals surface area contributed by atoms with Gasteiger partial charge in [0.2, 0.25) is 0 Å². The second-order valence-corrected chi connectivity index (χ2v) is 4.74. The van der Waals surface area contributed by atoms with Crippen molar-refractivity contribution < 1.29 is 4.39 Å². The molecule has 0 aliphatic heterocycles. The van der Waals surface area contributed by atoms with Gasteiger partial charge in [0.1, 0.15) is 5.67 Å². The van der Waals surface area contributed by atoms with Crippen LogP contribution in [-0.4, -0.2) is 0 Å². The van der Waals surface area contributed by atoms with Crippen LogP contribution in [0.15, 0.2) is 18.2 Å². The van der Waals surface area contributed by atoms with Gasteiger partial charge in [-0.15, -0.1) is 0 Å². The number of hydrogen-bond donors (Lipinski definition) is 0. The van der Waals surface area contributed by atoms with E-state index < -0.39 is 5.67 Å². The molecule has 1 aromatic carbocycles. The zero-order chi connectivity index (χ0) is 8.77. The summed E-state index contributed by atoms with van der Waals surface area (Å²) in [6.07, 6.45) is 1.24. The topological polar surface area (TPSA) is 0 Å². The lowest BCUT2D eigenvalue weighted by molar-refractivity contribution is 0.317. The monoisotopic (exact) mass is 296 g/mol. The summed E-state index contributed by atoms with van der Waals surface area (Å²) in [5.41, 5.74) is -0.453. The fourth-order valence-corrected chi connectivity index (χ4v) is 2.26. The molecule has 0 aromatic heterocycles. The van der Waals surface area contributed by atoms with Crippen molar-refractivity contribution in [2.45, 2.75) is 18.5 Å². The Labute approximate surface area is 89.3 Å². The summed E-state index contributed by atoms with van der Waals surface area (Å²) >= 11 is 8.07. The van der Waals surface area contributed by atoms with Crippen molar-refractivity contribution in [3.8, 4) is 0 Å². The first kappa shape index (κ1) is 8.75. The van der Waals surface area contributed by atoms with Crippen LogP contribution in [-0.2, 0) is 5.67 Å². The summed E-state index contributed by atoms with van der Waals surface area (Å²) < 4.78 is 14.6. The van der Waals surface area contributed by atoms with Crippen molar-refractivity contribution >= 4 is 34.2 Å². The fraction of sp³-hybridized carbons (Fsp3) is 0.333. The van der Waals surface area contributed by atoms with Crippen LogP contribution in [0.25, 0.3) is 0 Å². The van der Waals surface area contributed by atoms with E-state index in [-0.39, 0.29) is 0 Å². The molecule has 12 heavy (non-hydrogen) atoms. The molecule has 2 rings (SSSR count). The first-order valence-corrected chi connectivity index (χ1v) is 5.22. The molecule has 0 radical (unpaired) electrons. The van der Waals surface area contributed by atoms with Gasteiger partial charge >= 0.3 is 0 Å². The number of rotatable bonds is 1. The zero-order valence-corrected chi connectivity index (χ0v) is 9.19. The maximum absolute atomic E-state index is 13.5. The standard InChI is InChI=1S/C9H7ClFI/c10-8-5-6(12)1-2-7(8)9(11)3-4-9/h1-2,5H,3-4H2. The lowest BCUT2D eigenvalue weighted by Gasteiger charge is -2.07. The van der Waals surface area contributed by atoms with Gasteiger partial charge in [0.25, 0.3) is 0 Å². The molecule has 0 saturated heterocycles. The van der Waals surface area contributed by atoms with Gasteiger partial charge in [0.15, 0.2) is 0 Å². The Morgan fingerprint density at radius 1 is 1.42 bits per heavy atom. The normalized spacial score (nSPS) is 19.2. The van der Waals surface area contributed by atoms with Gasteiger partial charge in [-0.3, -0.25) is 0 Å². The Hall–Kier alpha value is 0.170. The molecule has 1 aliphatic rings. The molecule has 0 amide bonds. The van der Waals surface area contributed by atoms with Crippen LogP contribution < -0.4 is 0 Å². The van der Waals surface area contributed by atoms with Gasteiger partial charge in [-0.1, -0.05) is 17.7 Å². The Morgan fingerprint density at radius 2 is 2.08 bits per heavy atom. The molecule has 0 nitrogen and oxygen atoms in total. The highest BCUT2D eigenvalue weighted by Crippen LogP contribution is 2.51. The Kier molecular flexibility index (Phi) is 2.07. The molecule has 0 atom stereocenters. The van der Waals surface area contributed by atoms with Gasteiger partial charge < -0.3 is 0 Å². The van der Waals surface area contributed by atoms with Gasteiger partial charge in [-0.25, -0.2) is 4.39 Å². The second-order valence-electron chi connectivity index (χ2n) is 3.09. The molecule has 0 bridgehead atoms. The van der Waals surface area contributed by atoms with Crippen molar-refractivity contribution in [3.63, 3.8) is 0 Å². The summed E-state index contributed by atoms with van der Waals surface area (Å²) in [6, 6.07) is 5.48. The first-order chi connectivity index (χ1) is 5.62. The maximum Gasteiger partial charge on any atom is 0.137 e. The van der Waals surface area contributed by atoms with Crippen molar-refractivity contribution in [2.24, 2.45) is 0 Å². The third-order valence-electron chi connectivity index (χ3n) is 2.10. The number of alkyl halides is 1. The largest absolute Gasteiger partial charge is 0.239 e. The van der Waals surface area contributed by atoms with E-state index in [9.17, 15) is 4.39 Å². The van der Waals surface area contributed by atoms with E-state index in [0.717, 1.165) is 3.57 Å². The third-order valence-corrected chi connectivity index (χ3v) is 3.09. The van der Waals surface area contributed by atoms with Crippen molar-refractivity contribution in [1.29, 1.82) is 0 Å². The smallest absolute Gasteiger partial charge is 0.137 e. The minimum atomic E-state index is -1.11. The van der Waals surface area contributed by atoms with Crippen LogP contribution in [0.1, 0.15) is 18.4 Å². The Balaban J connectivity index is 2.45. The predicted molar refractivity (Wildman–Crippen MR) is 56.2 cm³/mol. The van der Waals surface area contributed by atoms with E-state index in [2.05, 4.69) is 22.6 Å². The average Bonchev–Trinajstić information content (AvgIpc) is 2.68. The van der Waals surface area contributed by atoms with Crippen LogP contribution in [0, 0.1) is 3.57 Å². The molecule has 3 heteroatoms. The number of benzene rings is 1. The molecule has 1 fully saturated rings. The molecule has 1 aromatic rings. The molecule has 0 N–H and O–H groups in total. The van der Waals surface area contributed by atoms with E-state index in [4.69, 9.17) is 11.6 Å². The van der Waals surface area contributed by atoms with Gasteiger partial charge in [0, 0.05) is 14.2 Å². The van der Waals surface area contributed by atoms with Crippen LogP contribution in [0.3, 0.4) is 0 Å². The second kappa shape index (κ2) is 2.84. The van der Waals surface area contributed by atoms with Crippen LogP contribution >= 0.6 is 34.2 Å². The zero-order valence-electron chi connectivity index (χ0n) is 6.28. The third kappa shape index (κ3) is 1.46. The van der Waals surface area contributed by atoms with E-state index in [1.807, 2.05) is 6.07 Å². The minimum absolute atomic E-state index is 0.557. The van der Waals surface area contributed by atoms with E-state index in [1.165, 1.54) is 0 Å². The number of halogens is 3. The van der Waals surface area contributed by atoms with Gasteiger partial charge in [0.05, 0.1) is 0 Å². The van der Waals surface area contributed by atoms with Crippen LogP contribution in [0.4, 0.5) is 4.39 Å². The highest BCUT2D eigenvalue weighted by atomic mass is 127. The summed E-state index contributed by atoms with van der Waals surface area (Å²) in [5.74, 6) is 0. The van der Waals surface area contributed by atoms with E-state index >= 15 is 0 Å². The Bertz CT molecular complexity index is 320. The minimum Gasteiger partial charge on any atom is -0.239 e. The highest BCUT2D eigenvalue weighted by Gasteiger charge is 2.46. The molecule has 0 heterocycles. The molecule has 64 valence electrons. The van der Waals surface area contributed by atoms with Crippen LogP contribution in [0.5, 0.6) is 0 Å². The van der Waals surface area contributed by atoms with Crippen LogP contribution in [0.2, 0.25) is 5.02 Å². The summed E-state index contributed by atoms with van der Waals surface area (Å²) in [5, 5.41) is 0.557.